The minimum absolute atomic E-state index is 0.122. The lowest BCUT2D eigenvalue weighted by Crippen LogP contribution is -2.39. The highest BCUT2D eigenvalue weighted by Gasteiger charge is 2.56. The van der Waals surface area contributed by atoms with Gasteiger partial charge in [0.05, 0.1) is 27.4 Å². The maximum Gasteiger partial charge on any atom is 0.323 e. The van der Waals surface area contributed by atoms with Crippen LogP contribution in [-0.2, 0) is 35.2 Å². The molecule has 0 spiro atoms. The second kappa shape index (κ2) is 9.39. The molecular weight excluding hydrogens is 384 g/mol. The Morgan fingerprint density at radius 1 is 1.10 bits per heavy atom. The molecular formula is C24H28O6. The van der Waals surface area contributed by atoms with Crippen molar-refractivity contribution >= 4 is 18.2 Å². The van der Waals surface area contributed by atoms with Crippen molar-refractivity contribution in [2.75, 3.05) is 20.8 Å². The van der Waals surface area contributed by atoms with Crippen LogP contribution < -0.4 is 0 Å². The Balaban J connectivity index is 1.96. The number of rotatable bonds is 7. The van der Waals surface area contributed by atoms with E-state index in [0.29, 0.717) is 13.0 Å². The molecule has 1 aromatic rings. The average molecular weight is 412 g/mol. The maximum absolute atomic E-state index is 12.7. The number of allylic oxidation sites excluding steroid dienone is 3. The molecule has 0 aromatic heterocycles. The van der Waals surface area contributed by atoms with E-state index in [1.807, 2.05) is 43.3 Å². The second-order valence-corrected chi connectivity index (χ2v) is 7.95. The standard InChI is InChI=1S/C24H28O6/c1-16-9-10-18(13-25)21(15-30-14-17-7-5-4-6-8-17)20-12-24(11-19(16)20,22(26)28-2)23(27)29-3/h4-9,13,18-19H,10-12,14-15H2,1-3H3/t18-,19+/m1/s1. The third-order valence-corrected chi connectivity index (χ3v) is 6.25. The third kappa shape index (κ3) is 4.10. The number of benzene rings is 1. The largest absolute Gasteiger partial charge is 0.468 e. The molecule has 0 amide bonds. The van der Waals surface area contributed by atoms with E-state index >= 15 is 0 Å². The number of carbonyl (C=O) groups excluding carboxylic acids is 3. The zero-order valence-electron chi connectivity index (χ0n) is 17.7. The Labute approximate surface area is 176 Å². The molecule has 0 bridgehead atoms. The molecule has 6 nitrogen and oxygen atoms in total. The van der Waals surface area contributed by atoms with E-state index < -0.39 is 17.4 Å². The van der Waals surface area contributed by atoms with Crippen molar-refractivity contribution in [3.63, 3.8) is 0 Å². The van der Waals surface area contributed by atoms with Crippen LogP contribution in [0.5, 0.6) is 0 Å². The summed E-state index contributed by atoms with van der Waals surface area (Å²) < 4.78 is 15.9. The van der Waals surface area contributed by atoms with E-state index in [-0.39, 0.29) is 31.3 Å². The molecule has 160 valence electrons. The number of ether oxygens (including phenoxy) is 3. The molecule has 0 heterocycles. The quantitative estimate of drug-likeness (QED) is 0.296. The van der Waals surface area contributed by atoms with Gasteiger partial charge >= 0.3 is 11.9 Å². The number of fused-ring (bicyclic) bond motifs is 1. The van der Waals surface area contributed by atoms with Gasteiger partial charge in [-0.05, 0) is 37.3 Å². The van der Waals surface area contributed by atoms with Crippen LogP contribution in [0.1, 0.15) is 31.7 Å². The minimum atomic E-state index is -1.39. The molecule has 0 aliphatic heterocycles. The number of methoxy groups -OCH3 is 2. The first-order chi connectivity index (χ1) is 14.5. The third-order valence-electron chi connectivity index (χ3n) is 6.25. The van der Waals surface area contributed by atoms with Gasteiger partial charge in [-0.15, -0.1) is 0 Å². The summed E-state index contributed by atoms with van der Waals surface area (Å²) in [6, 6.07) is 9.79. The zero-order chi connectivity index (χ0) is 21.7. The average Bonchev–Trinajstić information content (AvgIpc) is 3.14. The van der Waals surface area contributed by atoms with Gasteiger partial charge < -0.3 is 19.0 Å². The van der Waals surface area contributed by atoms with Crippen molar-refractivity contribution in [1.82, 2.24) is 0 Å². The van der Waals surface area contributed by atoms with Crippen molar-refractivity contribution in [3.8, 4) is 0 Å². The van der Waals surface area contributed by atoms with E-state index in [2.05, 4.69) is 0 Å². The SMILES string of the molecule is COC(=O)C1(C(=O)OC)CC2=C(COCc3ccccc3)[C@@H](C=O)CC=C(C)[C@@H]2C1. The van der Waals surface area contributed by atoms with Gasteiger partial charge in [0.2, 0.25) is 0 Å². The summed E-state index contributed by atoms with van der Waals surface area (Å²) in [6.07, 6.45) is 3.99. The highest BCUT2D eigenvalue weighted by atomic mass is 16.5. The first kappa shape index (κ1) is 22.0. The van der Waals surface area contributed by atoms with Crippen LogP contribution >= 0.6 is 0 Å². The van der Waals surface area contributed by atoms with Crippen LogP contribution in [0.25, 0.3) is 0 Å². The fourth-order valence-electron chi connectivity index (χ4n) is 4.58. The zero-order valence-corrected chi connectivity index (χ0v) is 17.7. The Hall–Kier alpha value is -2.73. The van der Waals surface area contributed by atoms with E-state index in [1.165, 1.54) is 14.2 Å². The second-order valence-electron chi connectivity index (χ2n) is 7.95. The number of hydrogen-bond acceptors (Lipinski definition) is 6. The molecule has 0 N–H and O–H groups in total. The van der Waals surface area contributed by atoms with Gasteiger partial charge in [-0.3, -0.25) is 9.59 Å². The van der Waals surface area contributed by atoms with Crippen LogP contribution in [0, 0.1) is 17.3 Å². The summed E-state index contributed by atoms with van der Waals surface area (Å²) in [6.45, 7) is 2.66. The fourth-order valence-corrected chi connectivity index (χ4v) is 4.58. The molecule has 2 atom stereocenters. The van der Waals surface area contributed by atoms with Crippen molar-refractivity contribution in [1.29, 1.82) is 0 Å². The number of carbonyl (C=O) groups is 3. The van der Waals surface area contributed by atoms with E-state index in [0.717, 1.165) is 28.6 Å². The minimum Gasteiger partial charge on any atom is -0.468 e. The van der Waals surface area contributed by atoms with Gasteiger partial charge in [0.15, 0.2) is 5.41 Å². The highest BCUT2D eigenvalue weighted by Crippen LogP contribution is 2.52. The number of hydrogen-bond donors (Lipinski definition) is 0. The van der Waals surface area contributed by atoms with E-state index in [1.54, 1.807) is 0 Å². The summed E-state index contributed by atoms with van der Waals surface area (Å²) in [5.74, 6) is -1.67. The van der Waals surface area contributed by atoms with Gasteiger partial charge in [0, 0.05) is 11.8 Å². The van der Waals surface area contributed by atoms with Gasteiger partial charge in [0.1, 0.15) is 6.29 Å². The Morgan fingerprint density at radius 2 is 1.77 bits per heavy atom. The smallest absolute Gasteiger partial charge is 0.323 e. The van der Waals surface area contributed by atoms with Crippen LogP contribution in [0.15, 0.2) is 53.1 Å². The van der Waals surface area contributed by atoms with Crippen LogP contribution in [0.3, 0.4) is 0 Å². The van der Waals surface area contributed by atoms with Crippen LogP contribution in [0.2, 0.25) is 0 Å². The van der Waals surface area contributed by atoms with Gasteiger partial charge in [-0.1, -0.05) is 47.6 Å². The molecule has 3 rings (SSSR count). The summed E-state index contributed by atoms with van der Waals surface area (Å²) in [5, 5.41) is 0. The predicted molar refractivity (Wildman–Crippen MR) is 110 cm³/mol. The molecule has 2 aliphatic carbocycles. The van der Waals surface area contributed by atoms with Gasteiger partial charge in [-0.2, -0.15) is 0 Å². The summed E-state index contributed by atoms with van der Waals surface area (Å²) in [7, 11) is 2.55. The predicted octanol–water partition coefficient (Wildman–Crippen LogP) is 3.41. The normalized spacial score (nSPS) is 22.6. The topological polar surface area (TPSA) is 78.9 Å². The van der Waals surface area contributed by atoms with Crippen LogP contribution in [-0.4, -0.2) is 39.1 Å². The molecule has 0 unspecified atom stereocenters. The molecule has 0 saturated heterocycles. The first-order valence-corrected chi connectivity index (χ1v) is 10.1. The Kier molecular flexibility index (Phi) is 6.87. The fraction of sp³-hybridized carbons (Fsp3) is 0.458. The maximum atomic E-state index is 12.7. The monoisotopic (exact) mass is 412 g/mol. The number of aldehydes is 1. The number of esters is 2. The highest BCUT2D eigenvalue weighted by molar-refractivity contribution is 6.01. The molecule has 2 aliphatic rings. The Bertz CT molecular complexity index is 851. The molecule has 6 heteroatoms. The molecule has 30 heavy (non-hydrogen) atoms. The lowest BCUT2D eigenvalue weighted by molar-refractivity contribution is -0.168. The summed E-state index contributed by atoms with van der Waals surface area (Å²) >= 11 is 0. The van der Waals surface area contributed by atoms with Crippen molar-refractivity contribution in [2.24, 2.45) is 17.3 Å². The lowest BCUT2D eigenvalue weighted by atomic mass is 9.83. The van der Waals surface area contributed by atoms with Crippen molar-refractivity contribution in [2.45, 2.75) is 32.8 Å². The van der Waals surface area contributed by atoms with Crippen molar-refractivity contribution < 1.29 is 28.6 Å². The summed E-state index contributed by atoms with van der Waals surface area (Å²) in [4.78, 5) is 37.2. The first-order valence-electron chi connectivity index (χ1n) is 10.1. The summed E-state index contributed by atoms with van der Waals surface area (Å²) in [5.41, 5.74) is 2.46. The van der Waals surface area contributed by atoms with Gasteiger partial charge in [0.25, 0.3) is 0 Å². The van der Waals surface area contributed by atoms with Gasteiger partial charge in [-0.25, -0.2) is 0 Å². The molecule has 1 saturated carbocycles. The molecule has 1 fully saturated rings. The Morgan fingerprint density at radius 3 is 2.37 bits per heavy atom. The molecule has 0 radical (unpaired) electrons. The van der Waals surface area contributed by atoms with Crippen molar-refractivity contribution in [3.05, 3.63) is 58.7 Å². The lowest BCUT2D eigenvalue weighted by Gasteiger charge is -2.23. The van der Waals surface area contributed by atoms with Crippen LogP contribution in [0.4, 0.5) is 0 Å². The van der Waals surface area contributed by atoms with E-state index in [9.17, 15) is 14.4 Å². The molecule has 1 aromatic carbocycles. The van der Waals surface area contributed by atoms with E-state index in [4.69, 9.17) is 14.2 Å².